The first-order chi connectivity index (χ1) is 2.27. The number of rotatable bonds is 0. The topological polar surface area (TPSA) is 72.4 Å². The van der Waals surface area contributed by atoms with Gasteiger partial charge in [-0.2, -0.15) is 0 Å². The van der Waals surface area contributed by atoms with Crippen molar-refractivity contribution in [3.05, 3.63) is 0 Å². The van der Waals surface area contributed by atoms with E-state index in [0.29, 0.717) is 0 Å². The summed E-state index contributed by atoms with van der Waals surface area (Å²) < 4.78 is 0. The molecular weight excluding hydrogens is 76.0 g/mol. The predicted molar refractivity (Wildman–Crippen MR) is 6.48 cm³/mol. The maximum Gasteiger partial charge on any atom is 0.240 e. The van der Waals surface area contributed by atoms with Crippen molar-refractivity contribution in [2.45, 2.75) is 0 Å². The van der Waals surface area contributed by atoms with E-state index < -0.39 is 6.16 Å². The fraction of sp³-hybridized carbons (Fsp3) is 0. The molecule has 0 bridgehead atoms. The van der Waals surface area contributed by atoms with E-state index in [0.717, 1.165) is 0 Å². The van der Waals surface area contributed by atoms with Crippen molar-refractivity contribution in [1.82, 2.24) is 0 Å². The van der Waals surface area contributed by atoms with Crippen molar-refractivity contribution >= 4 is 6.16 Å². The van der Waals surface area contributed by atoms with Crippen molar-refractivity contribution in [2.24, 2.45) is 0 Å². The van der Waals surface area contributed by atoms with Gasteiger partial charge in [0.25, 0.3) is 0 Å². The molecule has 0 fully saturated rings. The first-order valence-electron chi connectivity index (χ1n) is 0.779. The van der Waals surface area contributed by atoms with E-state index in [4.69, 9.17) is 15.2 Å². The lowest BCUT2D eigenvalue weighted by molar-refractivity contribution is -0.672. The zero-order valence-corrected chi connectivity index (χ0v) is 2.13. The molecule has 0 amide bonds. The Labute approximate surface area is 27.5 Å². The molecule has 0 aromatic rings. The Hall–Kier alpha value is -0.770. The molecule has 0 spiro atoms. The van der Waals surface area contributed by atoms with Gasteiger partial charge in [-0.3, -0.25) is 0 Å². The van der Waals surface area contributed by atoms with Crippen LogP contribution in [0.15, 0.2) is 0 Å². The van der Waals surface area contributed by atoms with E-state index in [9.17, 15) is 0 Å². The van der Waals surface area contributed by atoms with E-state index in [1.54, 1.807) is 0 Å². The van der Waals surface area contributed by atoms with E-state index in [2.05, 4.69) is 4.89 Å². The van der Waals surface area contributed by atoms with Crippen LogP contribution in [0.2, 0.25) is 0 Å². The van der Waals surface area contributed by atoms with Crippen molar-refractivity contribution in [1.29, 1.82) is 0 Å². The Morgan fingerprint density at radius 2 is 2.00 bits per heavy atom. The van der Waals surface area contributed by atoms with Gasteiger partial charge in [0, 0.05) is 0 Å². The average Bonchev–Trinajstić information content (AvgIpc) is 1.38. The second-order valence-corrected chi connectivity index (χ2v) is 0.333. The number of carbonyl (C=O) groups is 1. The first-order valence-corrected chi connectivity index (χ1v) is 0.779. The van der Waals surface area contributed by atoms with Crippen LogP contribution in [0.4, 0.5) is 4.79 Å². The summed E-state index contributed by atoms with van der Waals surface area (Å²) in [5, 5.41) is 17.2. The molecule has 0 radical (unpaired) electrons. The van der Waals surface area contributed by atoms with Gasteiger partial charge in [0.05, 0.1) is 0 Å². The Morgan fingerprint density at radius 3 is 2.00 bits per heavy atom. The molecule has 0 saturated heterocycles. The van der Waals surface area contributed by atoms with Crippen molar-refractivity contribution < 1.29 is 20.0 Å². The molecule has 0 saturated carbocycles. The van der Waals surface area contributed by atoms with Crippen molar-refractivity contribution in [3.8, 4) is 0 Å². The third-order valence-electron chi connectivity index (χ3n) is 0.0680. The van der Waals surface area contributed by atoms with Gasteiger partial charge in [-0.25, -0.2) is 0 Å². The smallest absolute Gasteiger partial charge is 0.240 e. The molecule has 0 rings (SSSR count). The van der Waals surface area contributed by atoms with Gasteiger partial charge >= 0.3 is 0 Å². The summed E-state index contributed by atoms with van der Waals surface area (Å²) in [7, 11) is 0. The van der Waals surface area contributed by atoms with Gasteiger partial charge in [-0.05, 0) is 0 Å². The summed E-state index contributed by atoms with van der Waals surface area (Å²) in [6.07, 6.45) is -2.05. The fourth-order valence-electron chi connectivity index (χ4n) is 0. The third kappa shape index (κ3) is 3.23. The van der Waals surface area contributed by atoms with Gasteiger partial charge in [0.15, 0.2) is 0 Å². The van der Waals surface area contributed by atoms with Gasteiger partial charge in [0.1, 0.15) is 0 Å². The van der Waals surface area contributed by atoms with Crippen LogP contribution in [0.3, 0.4) is 0 Å². The van der Waals surface area contributed by atoms with Gasteiger partial charge < -0.3 is 20.0 Å². The van der Waals surface area contributed by atoms with Crippen LogP contribution in [-0.2, 0) is 4.89 Å². The highest BCUT2D eigenvalue weighted by molar-refractivity contribution is 5.52. The molecule has 0 N–H and O–H groups in total. The summed E-state index contributed by atoms with van der Waals surface area (Å²) in [5.41, 5.74) is 0. The summed E-state index contributed by atoms with van der Waals surface area (Å²) in [6, 6.07) is 0. The van der Waals surface area contributed by atoms with Gasteiger partial charge in [0.2, 0.25) is 6.16 Å². The monoisotopic (exact) mass is 76.0 g/mol. The molecule has 4 heteroatoms. The maximum absolute atomic E-state index is 8.72. The van der Waals surface area contributed by atoms with E-state index in [-0.39, 0.29) is 0 Å². The molecule has 30 valence electrons. The van der Waals surface area contributed by atoms with Crippen molar-refractivity contribution in [3.63, 3.8) is 0 Å². The quantitative estimate of drug-likeness (QED) is 0.238. The number of carboxylic acid groups (broad SMARTS) is 1. The SMILES string of the molecule is O=C([O-])O[O-]. The fourth-order valence-corrected chi connectivity index (χ4v) is 0. The summed E-state index contributed by atoms with van der Waals surface area (Å²) >= 11 is 0. The molecule has 0 aliphatic heterocycles. The minimum absolute atomic E-state index is 2.05. The summed E-state index contributed by atoms with van der Waals surface area (Å²) in [4.78, 5) is 11.0. The Bertz CT molecular complexity index is 38.9. The number of carbonyl (C=O) groups excluding carboxylic acids is 1. The Morgan fingerprint density at radius 1 is 1.80 bits per heavy atom. The Balaban J connectivity index is 2.85. The highest BCUT2D eigenvalue weighted by Crippen LogP contribution is 1.46. The number of hydrogen-bond donors (Lipinski definition) is 0. The van der Waals surface area contributed by atoms with E-state index in [1.165, 1.54) is 0 Å². The van der Waals surface area contributed by atoms with E-state index >= 15 is 0 Å². The first kappa shape index (κ1) is 4.23. The van der Waals surface area contributed by atoms with Crippen LogP contribution >= 0.6 is 0 Å². The van der Waals surface area contributed by atoms with Crippen molar-refractivity contribution in [2.75, 3.05) is 0 Å². The molecule has 0 aliphatic rings. The summed E-state index contributed by atoms with van der Waals surface area (Å²) in [6.45, 7) is 0. The predicted octanol–water partition coefficient (Wildman–Crippen LogP) is -2.38. The minimum Gasteiger partial charge on any atom is -0.755 e. The van der Waals surface area contributed by atoms with Crippen LogP contribution in [0, 0.1) is 0 Å². The molecule has 0 heterocycles. The second-order valence-electron chi connectivity index (χ2n) is 0.333. The molecule has 0 unspecified atom stereocenters. The minimum atomic E-state index is -2.05. The lowest BCUT2D eigenvalue weighted by Gasteiger charge is -2.09. The molecule has 0 aromatic heterocycles. The maximum atomic E-state index is 8.72. The third-order valence-corrected chi connectivity index (χ3v) is 0.0680. The second kappa shape index (κ2) is 1.54. The molecule has 0 aromatic carbocycles. The van der Waals surface area contributed by atoms with Gasteiger partial charge in [-0.1, -0.05) is 0 Å². The average molecular weight is 76.0 g/mol. The standard InChI is InChI=1S/CH2O4/c2-1(3)5-4/h4H,(H,2,3)/p-2. The van der Waals surface area contributed by atoms with E-state index in [1.807, 2.05) is 0 Å². The largest absolute Gasteiger partial charge is 0.755 e. The molecule has 5 heavy (non-hydrogen) atoms. The zero-order valence-electron chi connectivity index (χ0n) is 2.13. The van der Waals surface area contributed by atoms with Crippen LogP contribution in [0.25, 0.3) is 0 Å². The lowest BCUT2D eigenvalue weighted by atomic mass is 11.5. The van der Waals surface area contributed by atoms with Gasteiger partial charge in [-0.15, -0.1) is 0 Å². The molecular formula is CO4-2. The lowest BCUT2D eigenvalue weighted by Crippen LogP contribution is -2.28. The molecule has 4 nitrogen and oxygen atoms in total. The van der Waals surface area contributed by atoms with Crippen LogP contribution in [-0.4, -0.2) is 6.16 Å². The highest BCUT2D eigenvalue weighted by Gasteiger charge is 1.56. The normalized spacial score (nSPS) is 6.60. The zero-order chi connectivity index (χ0) is 4.28. The Kier molecular flexibility index (Phi) is 1.30. The molecule has 0 aliphatic carbocycles. The van der Waals surface area contributed by atoms with Crippen LogP contribution in [0.5, 0.6) is 0 Å². The molecule has 0 atom stereocenters. The number of hydrogen-bond acceptors (Lipinski definition) is 4. The van der Waals surface area contributed by atoms with Crippen LogP contribution < -0.4 is 10.4 Å². The highest BCUT2D eigenvalue weighted by atomic mass is 17.1. The summed E-state index contributed by atoms with van der Waals surface area (Å²) in [5.74, 6) is 0. The van der Waals surface area contributed by atoms with Crippen LogP contribution in [0.1, 0.15) is 0 Å².